The van der Waals surface area contributed by atoms with Crippen molar-refractivity contribution in [2.75, 3.05) is 11.1 Å². The standard InChI is InChI=1S/C14H17ClN4/c1-8(2)12-13(16)17-7-18-14(12)19-10-5-4-9(3)11(15)6-10/h4-8H,1-3H3,(H3,16,17,18,19). The van der Waals surface area contributed by atoms with Crippen LogP contribution in [0.5, 0.6) is 0 Å². The van der Waals surface area contributed by atoms with Crippen LogP contribution in [-0.2, 0) is 0 Å². The maximum atomic E-state index is 6.12. The van der Waals surface area contributed by atoms with Crippen LogP contribution in [0.3, 0.4) is 0 Å². The van der Waals surface area contributed by atoms with Gasteiger partial charge in [-0.1, -0.05) is 31.5 Å². The average Bonchev–Trinajstić information content (AvgIpc) is 2.33. The minimum atomic E-state index is 0.240. The van der Waals surface area contributed by atoms with Gasteiger partial charge in [0.05, 0.1) is 0 Å². The van der Waals surface area contributed by atoms with E-state index in [2.05, 4.69) is 29.1 Å². The molecule has 0 spiro atoms. The van der Waals surface area contributed by atoms with Crippen LogP contribution in [0.15, 0.2) is 24.5 Å². The Labute approximate surface area is 118 Å². The van der Waals surface area contributed by atoms with Crippen LogP contribution in [0, 0.1) is 6.92 Å². The molecular formula is C14H17ClN4. The molecule has 100 valence electrons. The van der Waals surface area contributed by atoms with Crippen molar-refractivity contribution in [3.8, 4) is 0 Å². The number of hydrogen-bond acceptors (Lipinski definition) is 4. The number of nitrogens with one attached hydrogen (secondary N) is 1. The number of benzene rings is 1. The minimum Gasteiger partial charge on any atom is -0.383 e. The zero-order valence-electron chi connectivity index (χ0n) is 11.2. The summed E-state index contributed by atoms with van der Waals surface area (Å²) >= 11 is 6.12. The first-order chi connectivity index (χ1) is 8.99. The van der Waals surface area contributed by atoms with Gasteiger partial charge >= 0.3 is 0 Å². The number of aryl methyl sites for hydroxylation is 1. The molecule has 2 rings (SSSR count). The first-order valence-corrected chi connectivity index (χ1v) is 6.50. The highest BCUT2D eigenvalue weighted by Gasteiger charge is 2.13. The second-order valence-electron chi connectivity index (χ2n) is 4.76. The third-order valence-corrected chi connectivity index (χ3v) is 3.33. The number of hydrogen-bond donors (Lipinski definition) is 2. The van der Waals surface area contributed by atoms with Gasteiger partial charge in [0.25, 0.3) is 0 Å². The van der Waals surface area contributed by atoms with E-state index in [4.69, 9.17) is 17.3 Å². The van der Waals surface area contributed by atoms with E-state index in [1.807, 2.05) is 25.1 Å². The molecule has 0 atom stereocenters. The smallest absolute Gasteiger partial charge is 0.139 e. The Morgan fingerprint density at radius 2 is 2.00 bits per heavy atom. The molecule has 5 heteroatoms. The van der Waals surface area contributed by atoms with Crippen LogP contribution in [0.2, 0.25) is 5.02 Å². The van der Waals surface area contributed by atoms with Gasteiger partial charge in [-0.15, -0.1) is 0 Å². The Hall–Kier alpha value is -1.81. The molecule has 0 aliphatic carbocycles. The van der Waals surface area contributed by atoms with Crippen LogP contribution in [0.1, 0.15) is 30.9 Å². The van der Waals surface area contributed by atoms with Gasteiger partial charge < -0.3 is 11.1 Å². The van der Waals surface area contributed by atoms with Crippen molar-refractivity contribution in [2.45, 2.75) is 26.7 Å². The minimum absolute atomic E-state index is 0.240. The second kappa shape index (κ2) is 5.45. The molecule has 3 N–H and O–H groups in total. The number of aromatic nitrogens is 2. The van der Waals surface area contributed by atoms with Crippen LogP contribution >= 0.6 is 11.6 Å². The van der Waals surface area contributed by atoms with Gasteiger partial charge in [-0.25, -0.2) is 9.97 Å². The molecule has 1 aromatic heterocycles. The summed E-state index contributed by atoms with van der Waals surface area (Å²) in [6.07, 6.45) is 1.46. The molecule has 0 saturated heterocycles. The lowest BCUT2D eigenvalue weighted by atomic mass is 10.0. The number of halogens is 1. The van der Waals surface area contributed by atoms with E-state index in [1.165, 1.54) is 6.33 Å². The molecule has 1 aromatic carbocycles. The molecule has 0 fully saturated rings. The largest absolute Gasteiger partial charge is 0.383 e. The van der Waals surface area contributed by atoms with Crippen molar-refractivity contribution < 1.29 is 0 Å². The zero-order chi connectivity index (χ0) is 14.0. The van der Waals surface area contributed by atoms with Crippen LogP contribution in [-0.4, -0.2) is 9.97 Å². The summed E-state index contributed by atoms with van der Waals surface area (Å²) in [4.78, 5) is 8.30. The van der Waals surface area contributed by atoms with Gasteiger partial charge in [0, 0.05) is 16.3 Å². The van der Waals surface area contributed by atoms with E-state index in [0.717, 1.165) is 27.7 Å². The number of nitrogen functional groups attached to an aromatic ring is 1. The number of nitrogens with zero attached hydrogens (tertiary/aromatic N) is 2. The lowest BCUT2D eigenvalue weighted by Crippen LogP contribution is -2.06. The molecular weight excluding hydrogens is 260 g/mol. The molecule has 0 bridgehead atoms. The van der Waals surface area contributed by atoms with Crippen molar-refractivity contribution in [3.05, 3.63) is 40.7 Å². The Bertz CT molecular complexity index is 596. The van der Waals surface area contributed by atoms with Crippen molar-refractivity contribution in [3.63, 3.8) is 0 Å². The predicted molar refractivity (Wildman–Crippen MR) is 80.0 cm³/mol. The van der Waals surface area contributed by atoms with E-state index in [1.54, 1.807) is 0 Å². The summed E-state index contributed by atoms with van der Waals surface area (Å²) in [7, 11) is 0. The summed E-state index contributed by atoms with van der Waals surface area (Å²) in [5.41, 5.74) is 8.75. The lowest BCUT2D eigenvalue weighted by Gasteiger charge is -2.15. The highest BCUT2D eigenvalue weighted by molar-refractivity contribution is 6.31. The van der Waals surface area contributed by atoms with Gasteiger partial charge in [-0.05, 0) is 30.5 Å². The summed E-state index contributed by atoms with van der Waals surface area (Å²) in [5.74, 6) is 1.47. The highest BCUT2D eigenvalue weighted by atomic mass is 35.5. The fourth-order valence-corrected chi connectivity index (χ4v) is 2.07. The van der Waals surface area contributed by atoms with Crippen LogP contribution in [0.25, 0.3) is 0 Å². The topological polar surface area (TPSA) is 63.8 Å². The SMILES string of the molecule is Cc1ccc(Nc2ncnc(N)c2C(C)C)cc1Cl. The Kier molecular flexibility index (Phi) is 3.90. The van der Waals surface area contributed by atoms with Crippen molar-refractivity contribution in [2.24, 2.45) is 0 Å². The Balaban J connectivity index is 2.38. The monoisotopic (exact) mass is 276 g/mol. The van der Waals surface area contributed by atoms with Crippen LogP contribution in [0.4, 0.5) is 17.3 Å². The molecule has 0 radical (unpaired) electrons. The number of anilines is 3. The molecule has 0 aliphatic heterocycles. The van der Waals surface area contributed by atoms with Gasteiger partial charge in [0.2, 0.25) is 0 Å². The maximum absolute atomic E-state index is 6.12. The molecule has 0 aliphatic rings. The van der Waals surface area contributed by atoms with E-state index >= 15 is 0 Å². The summed E-state index contributed by atoms with van der Waals surface area (Å²) in [6, 6.07) is 5.80. The van der Waals surface area contributed by atoms with Crippen LogP contribution < -0.4 is 11.1 Å². The fraction of sp³-hybridized carbons (Fsp3) is 0.286. The lowest BCUT2D eigenvalue weighted by molar-refractivity contribution is 0.855. The number of nitrogens with two attached hydrogens (primary N) is 1. The Morgan fingerprint density at radius 3 is 2.63 bits per heavy atom. The quantitative estimate of drug-likeness (QED) is 0.893. The third-order valence-electron chi connectivity index (χ3n) is 2.93. The van der Waals surface area contributed by atoms with Gasteiger partial charge in [0.1, 0.15) is 18.0 Å². The van der Waals surface area contributed by atoms with Crippen molar-refractivity contribution >= 4 is 28.9 Å². The first kappa shape index (κ1) is 13.6. The molecule has 2 aromatic rings. The summed E-state index contributed by atoms with van der Waals surface area (Å²) < 4.78 is 0. The van der Waals surface area contributed by atoms with E-state index in [9.17, 15) is 0 Å². The molecule has 0 saturated carbocycles. The number of rotatable bonds is 3. The molecule has 0 amide bonds. The highest BCUT2D eigenvalue weighted by Crippen LogP contribution is 2.29. The zero-order valence-corrected chi connectivity index (χ0v) is 12.0. The summed E-state index contributed by atoms with van der Waals surface area (Å²) in [5, 5.41) is 3.97. The summed E-state index contributed by atoms with van der Waals surface area (Å²) in [6.45, 7) is 6.08. The van der Waals surface area contributed by atoms with E-state index in [0.29, 0.717) is 5.82 Å². The average molecular weight is 277 g/mol. The molecule has 1 heterocycles. The van der Waals surface area contributed by atoms with Gasteiger partial charge in [0.15, 0.2) is 0 Å². The molecule has 0 unspecified atom stereocenters. The first-order valence-electron chi connectivity index (χ1n) is 6.12. The van der Waals surface area contributed by atoms with Crippen molar-refractivity contribution in [1.29, 1.82) is 0 Å². The van der Waals surface area contributed by atoms with E-state index < -0.39 is 0 Å². The fourth-order valence-electron chi connectivity index (χ4n) is 1.89. The van der Waals surface area contributed by atoms with Gasteiger partial charge in [-0.3, -0.25) is 0 Å². The maximum Gasteiger partial charge on any atom is 0.139 e. The van der Waals surface area contributed by atoms with Crippen molar-refractivity contribution in [1.82, 2.24) is 9.97 Å². The molecule has 4 nitrogen and oxygen atoms in total. The Morgan fingerprint density at radius 1 is 1.26 bits per heavy atom. The van der Waals surface area contributed by atoms with Gasteiger partial charge in [-0.2, -0.15) is 0 Å². The normalized spacial score (nSPS) is 10.8. The van der Waals surface area contributed by atoms with E-state index in [-0.39, 0.29) is 5.92 Å². The third kappa shape index (κ3) is 2.96. The second-order valence-corrected chi connectivity index (χ2v) is 5.17. The predicted octanol–water partition coefficient (Wildman–Crippen LogP) is 3.89. The molecule has 19 heavy (non-hydrogen) atoms.